The molecule has 3 N–H and O–H groups in total. The van der Waals surface area contributed by atoms with Gasteiger partial charge < -0.3 is 11.1 Å². The molecule has 1 saturated heterocycles. The Morgan fingerprint density at radius 3 is 2.83 bits per heavy atom. The minimum Gasteiger partial charge on any atom is -0.328 e. The number of hydrogen-bond donors (Lipinski definition) is 2. The summed E-state index contributed by atoms with van der Waals surface area (Å²) in [7, 11) is 0. The van der Waals surface area contributed by atoms with Gasteiger partial charge >= 0.3 is 0 Å². The van der Waals surface area contributed by atoms with Gasteiger partial charge in [-0.25, -0.2) is 19.5 Å². The summed E-state index contributed by atoms with van der Waals surface area (Å²) in [6, 6.07) is 4.25. The summed E-state index contributed by atoms with van der Waals surface area (Å²) in [5.41, 5.74) is 8.17. The number of hydrogen-bond acceptors (Lipinski definition) is 7. The Morgan fingerprint density at radius 1 is 1.17 bits per heavy atom. The molecule has 0 aliphatic carbocycles. The third-order valence-electron chi connectivity index (χ3n) is 4.39. The van der Waals surface area contributed by atoms with Gasteiger partial charge in [-0.05, 0) is 43.6 Å². The predicted octanol–water partition coefficient (Wildman–Crippen LogP) is 1.19. The lowest BCUT2D eigenvalue weighted by Gasteiger charge is -2.29. The summed E-state index contributed by atoms with van der Waals surface area (Å²) in [4.78, 5) is 15.0. The summed E-state index contributed by atoms with van der Waals surface area (Å²) in [6.07, 6.45) is 8.82. The Bertz CT molecular complexity index is 807. The minimum atomic E-state index is 0.338. The van der Waals surface area contributed by atoms with Gasteiger partial charge in [0, 0.05) is 25.0 Å². The molecule has 0 unspecified atom stereocenters. The van der Waals surface area contributed by atoms with Crippen LogP contribution in [-0.4, -0.2) is 48.6 Å². The number of fused-ring (bicyclic) bond motifs is 1. The van der Waals surface area contributed by atoms with Crippen molar-refractivity contribution in [3.05, 3.63) is 42.7 Å². The van der Waals surface area contributed by atoms with Crippen molar-refractivity contribution in [2.75, 3.05) is 18.4 Å². The van der Waals surface area contributed by atoms with Gasteiger partial charge in [0.1, 0.15) is 24.0 Å². The Morgan fingerprint density at radius 2 is 2.04 bits per heavy atom. The van der Waals surface area contributed by atoms with E-state index in [2.05, 4.69) is 36.3 Å². The summed E-state index contributed by atoms with van der Waals surface area (Å²) < 4.78 is 1.85. The van der Waals surface area contributed by atoms with Gasteiger partial charge in [-0.3, -0.25) is 4.90 Å². The normalized spacial score (nSPS) is 16.5. The lowest BCUT2D eigenvalue weighted by molar-refractivity contribution is 0.206. The third kappa shape index (κ3) is 3.06. The van der Waals surface area contributed by atoms with Gasteiger partial charge in [0.15, 0.2) is 5.82 Å². The van der Waals surface area contributed by atoms with E-state index in [9.17, 15) is 0 Å². The lowest BCUT2D eigenvalue weighted by atomic mass is 10.1. The van der Waals surface area contributed by atoms with Crippen LogP contribution in [0.2, 0.25) is 0 Å². The van der Waals surface area contributed by atoms with E-state index in [0.717, 1.165) is 43.8 Å². The van der Waals surface area contributed by atoms with Gasteiger partial charge in [-0.15, -0.1) is 0 Å². The van der Waals surface area contributed by atoms with Gasteiger partial charge in [0.2, 0.25) is 0 Å². The van der Waals surface area contributed by atoms with Crippen molar-refractivity contribution >= 4 is 17.2 Å². The molecule has 24 heavy (non-hydrogen) atoms. The van der Waals surface area contributed by atoms with Gasteiger partial charge in [0.05, 0.1) is 0 Å². The smallest absolute Gasteiger partial charge is 0.159 e. The first-order chi connectivity index (χ1) is 11.8. The Kier molecular flexibility index (Phi) is 4.06. The van der Waals surface area contributed by atoms with Gasteiger partial charge in [-0.2, -0.15) is 5.10 Å². The van der Waals surface area contributed by atoms with E-state index in [0.29, 0.717) is 11.9 Å². The van der Waals surface area contributed by atoms with Crippen molar-refractivity contribution in [3.63, 3.8) is 0 Å². The molecule has 0 radical (unpaired) electrons. The molecule has 8 nitrogen and oxygen atoms in total. The second-order valence-electron chi connectivity index (χ2n) is 6.08. The van der Waals surface area contributed by atoms with E-state index in [1.807, 2.05) is 16.8 Å². The van der Waals surface area contributed by atoms with Crippen molar-refractivity contribution in [3.8, 4) is 0 Å². The highest BCUT2D eigenvalue weighted by Crippen LogP contribution is 2.24. The molecule has 3 aromatic heterocycles. The van der Waals surface area contributed by atoms with Crippen molar-refractivity contribution < 1.29 is 0 Å². The summed E-state index contributed by atoms with van der Waals surface area (Å²) in [6.45, 7) is 2.93. The molecule has 1 aliphatic rings. The maximum Gasteiger partial charge on any atom is 0.159 e. The second-order valence-corrected chi connectivity index (χ2v) is 6.08. The maximum absolute atomic E-state index is 6.00. The topological polar surface area (TPSA) is 97.3 Å². The fourth-order valence-electron chi connectivity index (χ4n) is 3.08. The fraction of sp³-hybridized carbons (Fsp3) is 0.375. The number of rotatable bonds is 4. The molecule has 8 heteroatoms. The molecule has 0 bridgehead atoms. The Balaban J connectivity index is 1.62. The average Bonchev–Trinajstić information content (AvgIpc) is 3.02. The van der Waals surface area contributed by atoms with Crippen molar-refractivity contribution in [2.45, 2.75) is 25.4 Å². The molecule has 124 valence electrons. The van der Waals surface area contributed by atoms with Crippen LogP contribution in [0.4, 0.5) is 11.6 Å². The third-order valence-corrected chi connectivity index (χ3v) is 4.39. The molecular weight excluding hydrogens is 304 g/mol. The van der Waals surface area contributed by atoms with Crippen LogP contribution in [-0.2, 0) is 6.54 Å². The standard InChI is InChI=1S/C16H20N8/c17-13-3-6-23(7-4-13)9-12-2-8-24-15(12)16(20-11-21-24)22-14-1-5-18-10-19-14/h1-2,5,8,10-11,13H,3-4,6-7,9,17H2,(H,18,19,20,21,22). The van der Waals surface area contributed by atoms with Gasteiger partial charge in [0.25, 0.3) is 0 Å². The first kappa shape index (κ1) is 15.0. The molecule has 0 amide bonds. The van der Waals surface area contributed by atoms with Crippen molar-refractivity contribution in [2.24, 2.45) is 5.73 Å². The maximum atomic E-state index is 6.00. The quantitative estimate of drug-likeness (QED) is 0.744. The van der Waals surface area contributed by atoms with Crippen LogP contribution in [0.15, 0.2) is 37.2 Å². The molecular formula is C16H20N8. The van der Waals surface area contributed by atoms with E-state index in [1.165, 1.54) is 11.9 Å². The Hall–Kier alpha value is -2.58. The fourth-order valence-corrected chi connectivity index (χ4v) is 3.08. The van der Waals surface area contributed by atoms with Crippen LogP contribution in [0.1, 0.15) is 18.4 Å². The number of piperidine rings is 1. The molecule has 1 fully saturated rings. The summed E-state index contributed by atoms with van der Waals surface area (Å²) in [5, 5.41) is 7.56. The SMILES string of the molecule is NC1CCN(Cc2ccn3ncnc(Nc4ccncn4)c23)CC1. The summed E-state index contributed by atoms with van der Waals surface area (Å²) in [5.74, 6) is 1.46. The monoisotopic (exact) mass is 324 g/mol. The van der Waals surface area contributed by atoms with Crippen LogP contribution in [0.25, 0.3) is 5.52 Å². The molecule has 4 rings (SSSR count). The molecule has 0 saturated carbocycles. The Labute approximate surface area is 139 Å². The average molecular weight is 324 g/mol. The number of likely N-dealkylation sites (tertiary alicyclic amines) is 1. The molecule has 4 heterocycles. The number of nitrogens with zero attached hydrogens (tertiary/aromatic N) is 6. The highest BCUT2D eigenvalue weighted by atomic mass is 15.3. The largest absolute Gasteiger partial charge is 0.328 e. The van der Waals surface area contributed by atoms with Crippen molar-refractivity contribution in [1.82, 2.24) is 29.5 Å². The van der Waals surface area contributed by atoms with E-state index in [4.69, 9.17) is 5.73 Å². The predicted molar refractivity (Wildman–Crippen MR) is 90.8 cm³/mol. The van der Waals surface area contributed by atoms with Crippen LogP contribution in [0.3, 0.4) is 0 Å². The van der Waals surface area contributed by atoms with Crippen LogP contribution >= 0.6 is 0 Å². The second kappa shape index (κ2) is 6.50. The molecule has 0 aromatic carbocycles. The molecule has 1 aliphatic heterocycles. The zero-order chi connectivity index (χ0) is 16.4. The first-order valence-corrected chi connectivity index (χ1v) is 8.12. The van der Waals surface area contributed by atoms with E-state index in [-0.39, 0.29) is 0 Å². The first-order valence-electron chi connectivity index (χ1n) is 8.12. The number of anilines is 2. The molecule has 0 atom stereocenters. The number of nitrogens with one attached hydrogen (secondary N) is 1. The lowest BCUT2D eigenvalue weighted by Crippen LogP contribution is -2.39. The zero-order valence-corrected chi connectivity index (χ0v) is 13.3. The highest BCUT2D eigenvalue weighted by Gasteiger charge is 2.18. The molecule has 3 aromatic rings. The van der Waals surface area contributed by atoms with Gasteiger partial charge in [-0.1, -0.05) is 0 Å². The highest BCUT2D eigenvalue weighted by molar-refractivity contribution is 5.75. The summed E-state index contributed by atoms with van der Waals surface area (Å²) >= 11 is 0. The van der Waals surface area contributed by atoms with Crippen LogP contribution < -0.4 is 11.1 Å². The van der Waals surface area contributed by atoms with E-state index in [1.54, 1.807) is 12.5 Å². The van der Waals surface area contributed by atoms with E-state index >= 15 is 0 Å². The zero-order valence-electron chi connectivity index (χ0n) is 13.3. The minimum absolute atomic E-state index is 0.338. The van der Waals surface area contributed by atoms with Crippen molar-refractivity contribution in [1.29, 1.82) is 0 Å². The number of nitrogens with two attached hydrogens (primary N) is 1. The van der Waals surface area contributed by atoms with E-state index < -0.39 is 0 Å². The van der Waals surface area contributed by atoms with Crippen LogP contribution in [0, 0.1) is 0 Å². The number of aromatic nitrogens is 5. The molecule has 0 spiro atoms. The van der Waals surface area contributed by atoms with Crippen LogP contribution in [0.5, 0.6) is 0 Å².